The summed E-state index contributed by atoms with van der Waals surface area (Å²) < 4.78 is 36.2. The second-order valence-corrected chi connectivity index (χ2v) is 8.78. The van der Waals surface area contributed by atoms with E-state index in [0.717, 1.165) is 0 Å². The number of carbonyl (C=O) groups is 1. The van der Waals surface area contributed by atoms with Crippen LogP contribution in [-0.2, 0) is 25.6 Å². The Morgan fingerprint density at radius 1 is 1.32 bits per heavy atom. The summed E-state index contributed by atoms with van der Waals surface area (Å²) in [6.07, 6.45) is 0. The van der Waals surface area contributed by atoms with Gasteiger partial charge in [-0.15, -0.1) is 4.83 Å². The number of carbonyl (C=O) groups excluding carboxylic acids is 1. The summed E-state index contributed by atoms with van der Waals surface area (Å²) in [5.41, 5.74) is 0.536. The molecule has 1 saturated heterocycles. The third kappa shape index (κ3) is 4.35. The minimum Gasteiger partial charge on any atom is -0.326 e. The molecule has 2 rings (SSSR count). The average molecular weight is 345 g/mol. The normalized spacial score (nSPS) is 23.2. The van der Waals surface area contributed by atoms with Crippen LogP contribution in [0.3, 0.4) is 0 Å². The van der Waals surface area contributed by atoms with Crippen molar-refractivity contribution in [1.29, 1.82) is 0 Å². The molecule has 1 heterocycles. The molecule has 0 saturated carbocycles. The van der Waals surface area contributed by atoms with Gasteiger partial charge in [-0.3, -0.25) is 9.00 Å². The average Bonchev–Trinajstić information content (AvgIpc) is 2.42. The first-order valence-electron chi connectivity index (χ1n) is 6.80. The second kappa shape index (κ2) is 6.86. The number of sulfonamides is 1. The zero-order valence-corrected chi connectivity index (χ0v) is 14.0. The first-order chi connectivity index (χ1) is 10.3. The molecule has 1 aromatic rings. The fourth-order valence-electron chi connectivity index (χ4n) is 2.11. The summed E-state index contributed by atoms with van der Waals surface area (Å²) in [4.78, 5) is 13.6. The van der Waals surface area contributed by atoms with Gasteiger partial charge in [-0.1, -0.05) is 0 Å². The van der Waals surface area contributed by atoms with Crippen molar-refractivity contribution in [3.8, 4) is 0 Å². The van der Waals surface area contributed by atoms with Gasteiger partial charge in [0.2, 0.25) is 5.91 Å². The molecule has 0 aliphatic carbocycles. The Morgan fingerprint density at radius 2 is 1.95 bits per heavy atom. The van der Waals surface area contributed by atoms with Gasteiger partial charge in [-0.05, 0) is 31.2 Å². The molecule has 1 aliphatic rings. The molecule has 0 unspecified atom stereocenters. The van der Waals surface area contributed by atoms with Crippen molar-refractivity contribution in [2.45, 2.75) is 24.0 Å². The van der Waals surface area contributed by atoms with Crippen molar-refractivity contribution in [1.82, 2.24) is 9.84 Å². The van der Waals surface area contributed by atoms with Gasteiger partial charge in [0.05, 0.1) is 4.90 Å². The number of nitrogens with one attached hydrogen (secondary N) is 2. The summed E-state index contributed by atoms with van der Waals surface area (Å²) in [6, 6.07) is 5.92. The van der Waals surface area contributed by atoms with Crippen LogP contribution in [0.1, 0.15) is 13.8 Å². The molecule has 0 bridgehead atoms. The zero-order chi connectivity index (χ0) is 16.3. The van der Waals surface area contributed by atoms with Crippen LogP contribution in [0.2, 0.25) is 0 Å². The van der Waals surface area contributed by atoms with Crippen molar-refractivity contribution >= 4 is 32.4 Å². The lowest BCUT2D eigenvalue weighted by Gasteiger charge is -2.30. The maximum absolute atomic E-state index is 12.3. The Balaban J connectivity index is 2.07. The molecule has 1 aliphatic heterocycles. The van der Waals surface area contributed by atoms with Crippen LogP contribution in [0, 0.1) is 0 Å². The first-order valence-corrected chi connectivity index (χ1v) is 9.67. The van der Waals surface area contributed by atoms with Gasteiger partial charge in [0, 0.05) is 47.5 Å². The van der Waals surface area contributed by atoms with Gasteiger partial charge in [0.1, 0.15) is 0 Å². The fraction of sp³-hybridized carbons (Fsp3) is 0.462. The third-order valence-electron chi connectivity index (χ3n) is 3.22. The van der Waals surface area contributed by atoms with E-state index in [0.29, 0.717) is 24.5 Å². The number of nitrogens with zero attached hydrogens (tertiary/aromatic N) is 1. The lowest BCUT2D eigenvalue weighted by Crippen LogP contribution is -2.51. The van der Waals surface area contributed by atoms with Crippen molar-refractivity contribution in [3.63, 3.8) is 0 Å². The Kier molecular flexibility index (Phi) is 5.32. The molecule has 0 radical (unpaired) electrons. The van der Waals surface area contributed by atoms with Gasteiger partial charge < -0.3 is 5.32 Å². The summed E-state index contributed by atoms with van der Waals surface area (Å²) in [6.45, 7) is 4.04. The quantitative estimate of drug-likeness (QED) is 0.818. The Labute approximate surface area is 132 Å². The van der Waals surface area contributed by atoms with Gasteiger partial charge in [0.15, 0.2) is 0 Å². The van der Waals surface area contributed by atoms with E-state index in [-0.39, 0.29) is 16.1 Å². The molecule has 0 spiro atoms. The largest absolute Gasteiger partial charge is 0.326 e. The van der Waals surface area contributed by atoms with E-state index in [2.05, 4.69) is 10.1 Å². The lowest BCUT2D eigenvalue weighted by atomic mass is 10.3. The van der Waals surface area contributed by atoms with Gasteiger partial charge in [-0.25, -0.2) is 13.4 Å². The Hall–Kier alpha value is -1.29. The molecule has 1 amide bonds. The van der Waals surface area contributed by atoms with Crippen molar-refractivity contribution < 1.29 is 17.4 Å². The van der Waals surface area contributed by atoms with Gasteiger partial charge in [0.25, 0.3) is 10.0 Å². The topological polar surface area (TPSA) is 95.6 Å². The van der Waals surface area contributed by atoms with E-state index in [4.69, 9.17) is 0 Å². The van der Waals surface area contributed by atoms with Crippen LogP contribution in [0.5, 0.6) is 0 Å². The number of hydrogen-bond acceptors (Lipinski definition) is 5. The molecular weight excluding hydrogens is 326 g/mol. The van der Waals surface area contributed by atoms with E-state index in [1.807, 2.05) is 6.92 Å². The van der Waals surface area contributed by atoms with E-state index in [1.165, 1.54) is 31.2 Å². The van der Waals surface area contributed by atoms with Crippen molar-refractivity contribution in [3.05, 3.63) is 24.3 Å². The molecular formula is C13H19N3O4S2. The van der Waals surface area contributed by atoms with E-state index in [1.54, 1.807) is 5.01 Å². The third-order valence-corrected chi connectivity index (χ3v) is 6.25. The molecule has 1 fully saturated rings. The van der Waals surface area contributed by atoms with Crippen molar-refractivity contribution in [2.75, 3.05) is 24.2 Å². The molecule has 1 aromatic carbocycles. The maximum Gasteiger partial charge on any atom is 0.253 e. The van der Waals surface area contributed by atoms with Gasteiger partial charge >= 0.3 is 0 Å². The predicted octanol–water partition coefficient (Wildman–Crippen LogP) is 0.291. The summed E-state index contributed by atoms with van der Waals surface area (Å²) in [7, 11) is -4.59. The van der Waals surface area contributed by atoms with Crippen LogP contribution in [0.25, 0.3) is 0 Å². The van der Waals surface area contributed by atoms with Crippen LogP contribution in [-0.4, -0.2) is 47.6 Å². The van der Waals surface area contributed by atoms with Gasteiger partial charge in [-0.2, -0.15) is 0 Å². The number of amides is 1. The predicted molar refractivity (Wildman–Crippen MR) is 85.1 cm³/mol. The first kappa shape index (κ1) is 17.1. The lowest BCUT2D eigenvalue weighted by molar-refractivity contribution is -0.114. The highest BCUT2D eigenvalue weighted by molar-refractivity contribution is 7.89. The maximum atomic E-state index is 12.3. The molecule has 122 valence electrons. The Morgan fingerprint density at radius 3 is 2.50 bits per heavy atom. The second-order valence-electron chi connectivity index (χ2n) is 5.14. The molecule has 2 N–H and O–H groups in total. The summed E-state index contributed by atoms with van der Waals surface area (Å²) in [5, 5.41) is 4.08. The fourth-order valence-corrected chi connectivity index (χ4v) is 4.37. The smallest absolute Gasteiger partial charge is 0.253 e. The van der Waals surface area contributed by atoms with E-state index in [9.17, 15) is 17.4 Å². The molecule has 9 heteroatoms. The zero-order valence-electron chi connectivity index (χ0n) is 12.4. The minimum atomic E-state index is -3.68. The monoisotopic (exact) mass is 345 g/mol. The minimum absolute atomic E-state index is 0.0707. The molecule has 7 nitrogen and oxygen atoms in total. The number of hydrazine groups is 1. The number of anilines is 1. The van der Waals surface area contributed by atoms with Crippen LogP contribution < -0.4 is 10.1 Å². The summed E-state index contributed by atoms with van der Waals surface area (Å²) in [5.74, 6) is 0.231. The standard InChI is InChI=1S/C13H19N3O4S2/c1-10-9-16(7-8-21(10)18)15-22(19,20)13-5-3-12(4-6-13)14-11(2)17/h3-6,10,15H,7-9H2,1-2H3,(H,14,17)/t10-,21+/m1/s1. The van der Waals surface area contributed by atoms with E-state index < -0.39 is 20.8 Å². The Bertz CT molecular complexity index is 673. The molecule has 2 atom stereocenters. The van der Waals surface area contributed by atoms with Crippen molar-refractivity contribution in [2.24, 2.45) is 0 Å². The highest BCUT2D eigenvalue weighted by Crippen LogP contribution is 2.15. The van der Waals surface area contributed by atoms with Crippen LogP contribution >= 0.6 is 0 Å². The van der Waals surface area contributed by atoms with Crippen LogP contribution in [0.15, 0.2) is 29.2 Å². The summed E-state index contributed by atoms with van der Waals surface area (Å²) >= 11 is 0. The van der Waals surface area contributed by atoms with Crippen LogP contribution in [0.4, 0.5) is 5.69 Å². The highest BCUT2D eigenvalue weighted by atomic mass is 32.2. The molecule has 0 aromatic heterocycles. The molecule has 22 heavy (non-hydrogen) atoms. The SMILES string of the molecule is CC(=O)Nc1ccc(S(=O)(=O)NN2CC[S@](=O)[C@H](C)C2)cc1. The highest BCUT2D eigenvalue weighted by Gasteiger charge is 2.26. The number of rotatable bonds is 4. The number of hydrogen-bond donors (Lipinski definition) is 2. The van der Waals surface area contributed by atoms with E-state index >= 15 is 0 Å². The number of benzene rings is 1.